The number of hydrogen-bond acceptors (Lipinski definition) is 2. The maximum Gasteiger partial charge on any atom is 0.228 e. The number of phenols is 1. The Kier molecular flexibility index (Phi) is 4.63. The largest absolute Gasteiger partial charge is 0.508 e. The van der Waals surface area contributed by atoms with Crippen LogP contribution in [0.25, 0.3) is 0 Å². The van der Waals surface area contributed by atoms with Crippen LogP contribution in [0, 0.1) is 6.92 Å². The normalized spacial score (nSPS) is 10.7. The van der Waals surface area contributed by atoms with Crippen molar-refractivity contribution >= 4 is 11.6 Å². The molecule has 0 aliphatic heterocycles. The first-order valence-electron chi connectivity index (χ1n) is 7.14. The van der Waals surface area contributed by atoms with Crippen LogP contribution in [-0.4, -0.2) is 11.0 Å². The van der Waals surface area contributed by atoms with E-state index in [2.05, 4.69) is 5.32 Å². The highest BCUT2D eigenvalue weighted by Gasteiger charge is 2.12. The number of anilines is 1. The molecule has 2 aromatic rings. The van der Waals surface area contributed by atoms with Crippen LogP contribution in [0.3, 0.4) is 0 Å². The zero-order valence-corrected chi connectivity index (χ0v) is 12.7. The number of carbonyl (C=O) groups is 1. The molecule has 0 radical (unpaired) electrons. The molecule has 0 spiro atoms. The molecule has 0 aliphatic carbocycles. The fourth-order valence-corrected chi connectivity index (χ4v) is 2.28. The van der Waals surface area contributed by atoms with Gasteiger partial charge >= 0.3 is 0 Å². The minimum Gasteiger partial charge on any atom is -0.508 e. The fraction of sp³-hybridized carbons (Fsp3) is 0.278. The molecule has 3 nitrogen and oxygen atoms in total. The van der Waals surface area contributed by atoms with Crippen LogP contribution in [0.4, 0.5) is 5.69 Å². The average molecular weight is 283 g/mol. The Hall–Kier alpha value is -2.29. The van der Waals surface area contributed by atoms with Crippen molar-refractivity contribution in [3.05, 3.63) is 59.2 Å². The third-order valence-corrected chi connectivity index (χ3v) is 3.48. The highest BCUT2D eigenvalue weighted by molar-refractivity contribution is 5.93. The molecule has 0 aliphatic rings. The van der Waals surface area contributed by atoms with Crippen molar-refractivity contribution in [3.8, 4) is 5.75 Å². The number of amides is 1. The Labute approximate surface area is 125 Å². The molecule has 110 valence electrons. The van der Waals surface area contributed by atoms with E-state index in [4.69, 9.17) is 0 Å². The van der Waals surface area contributed by atoms with Gasteiger partial charge < -0.3 is 10.4 Å². The third kappa shape index (κ3) is 3.85. The standard InChI is InChI=1S/C18H21NO2/c1-12(2)15-11-16(13(3)9-17(15)20)19-18(21)10-14-7-5-4-6-8-14/h4-9,11-12,20H,10H2,1-3H3,(H,19,21). The minimum absolute atomic E-state index is 0.0512. The lowest BCUT2D eigenvalue weighted by Gasteiger charge is -2.14. The van der Waals surface area contributed by atoms with E-state index < -0.39 is 0 Å². The van der Waals surface area contributed by atoms with E-state index in [1.165, 1.54) is 0 Å². The molecule has 0 saturated heterocycles. The van der Waals surface area contributed by atoms with E-state index in [1.54, 1.807) is 6.07 Å². The highest BCUT2D eigenvalue weighted by atomic mass is 16.3. The lowest BCUT2D eigenvalue weighted by molar-refractivity contribution is -0.115. The average Bonchev–Trinajstić information content (AvgIpc) is 2.42. The molecule has 3 heteroatoms. The summed E-state index contributed by atoms with van der Waals surface area (Å²) in [5.41, 5.74) is 3.45. The van der Waals surface area contributed by atoms with Crippen molar-refractivity contribution in [3.63, 3.8) is 0 Å². The summed E-state index contributed by atoms with van der Waals surface area (Å²) in [5, 5.41) is 12.9. The van der Waals surface area contributed by atoms with Crippen LogP contribution in [0.1, 0.15) is 36.5 Å². The van der Waals surface area contributed by atoms with E-state index in [0.717, 1.165) is 22.4 Å². The number of benzene rings is 2. The summed E-state index contributed by atoms with van der Waals surface area (Å²) >= 11 is 0. The summed E-state index contributed by atoms with van der Waals surface area (Å²) in [6.45, 7) is 5.90. The van der Waals surface area contributed by atoms with Crippen molar-refractivity contribution in [1.82, 2.24) is 0 Å². The van der Waals surface area contributed by atoms with Crippen molar-refractivity contribution in [1.29, 1.82) is 0 Å². The zero-order valence-electron chi connectivity index (χ0n) is 12.7. The lowest BCUT2D eigenvalue weighted by atomic mass is 9.99. The minimum atomic E-state index is -0.0512. The molecule has 2 N–H and O–H groups in total. The van der Waals surface area contributed by atoms with Gasteiger partial charge in [0.1, 0.15) is 5.75 Å². The van der Waals surface area contributed by atoms with Gasteiger partial charge in [-0.25, -0.2) is 0 Å². The van der Waals surface area contributed by atoms with Gasteiger partial charge in [-0.15, -0.1) is 0 Å². The molecule has 0 aromatic heterocycles. The van der Waals surface area contributed by atoms with Crippen LogP contribution in [0.2, 0.25) is 0 Å². The highest BCUT2D eigenvalue weighted by Crippen LogP contribution is 2.31. The number of aromatic hydroxyl groups is 1. The molecule has 0 bridgehead atoms. The van der Waals surface area contributed by atoms with Crippen LogP contribution < -0.4 is 5.32 Å². The molecule has 2 rings (SSSR count). The van der Waals surface area contributed by atoms with Gasteiger partial charge in [0.25, 0.3) is 0 Å². The second-order valence-electron chi connectivity index (χ2n) is 5.59. The van der Waals surface area contributed by atoms with Gasteiger partial charge in [-0.2, -0.15) is 0 Å². The number of rotatable bonds is 4. The molecule has 1 amide bonds. The van der Waals surface area contributed by atoms with E-state index in [-0.39, 0.29) is 17.6 Å². The van der Waals surface area contributed by atoms with E-state index in [0.29, 0.717) is 6.42 Å². The summed E-state index contributed by atoms with van der Waals surface area (Å²) < 4.78 is 0. The van der Waals surface area contributed by atoms with Gasteiger partial charge in [0.2, 0.25) is 5.91 Å². The molecule has 0 fully saturated rings. The second kappa shape index (κ2) is 6.44. The van der Waals surface area contributed by atoms with Gasteiger partial charge in [0.15, 0.2) is 0 Å². The Morgan fingerprint density at radius 3 is 2.48 bits per heavy atom. The van der Waals surface area contributed by atoms with Crippen LogP contribution >= 0.6 is 0 Å². The van der Waals surface area contributed by atoms with Gasteiger partial charge in [-0.1, -0.05) is 44.2 Å². The predicted octanol–water partition coefficient (Wildman–Crippen LogP) is 4.01. The maximum absolute atomic E-state index is 12.1. The SMILES string of the molecule is Cc1cc(O)c(C(C)C)cc1NC(=O)Cc1ccccc1. The van der Waals surface area contributed by atoms with Gasteiger partial charge in [-0.05, 0) is 41.7 Å². The van der Waals surface area contributed by atoms with Gasteiger partial charge in [0.05, 0.1) is 6.42 Å². The second-order valence-corrected chi connectivity index (χ2v) is 5.59. The maximum atomic E-state index is 12.1. The first-order valence-corrected chi connectivity index (χ1v) is 7.14. The molecular weight excluding hydrogens is 262 g/mol. The predicted molar refractivity (Wildman–Crippen MR) is 85.7 cm³/mol. The van der Waals surface area contributed by atoms with Gasteiger partial charge in [0, 0.05) is 5.69 Å². The lowest BCUT2D eigenvalue weighted by Crippen LogP contribution is -2.15. The zero-order chi connectivity index (χ0) is 15.4. The molecule has 0 atom stereocenters. The Balaban J connectivity index is 2.15. The van der Waals surface area contributed by atoms with Crippen LogP contribution in [0.5, 0.6) is 5.75 Å². The van der Waals surface area contributed by atoms with E-state index in [9.17, 15) is 9.90 Å². The van der Waals surface area contributed by atoms with Crippen LogP contribution in [0.15, 0.2) is 42.5 Å². The van der Waals surface area contributed by atoms with Crippen molar-refractivity contribution in [2.24, 2.45) is 0 Å². The van der Waals surface area contributed by atoms with Gasteiger partial charge in [-0.3, -0.25) is 4.79 Å². The number of hydrogen-bond donors (Lipinski definition) is 2. The topological polar surface area (TPSA) is 49.3 Å². The number of aryl methyl sites for hydroxylation is 1. The van der Waals surface area contributed by atoms with E-state index >= 15 is 0 Å². The van der Waals surface area contributed by atoms with E-state index in [1.807, 2.05) is 57.2 Å². The number of phenolic OH excluding ortho intramolecular Hbond substituents is 1. The first-order chi connectivity index (χ1) is 9.97. The summed E-state index contributed by atoms with van der Waals surface area (Å²) in [5.74, 6) is 0.434. The summed E-state index contributed by atoms with van der Waals surface area (Å²) in [4.78, 5) is 12.1. The first kappa shape index (κ1) is 15.1. The van der Waals surface area contributed by atoms with Crippen molar-refractivity contribution in [2.45, 2.75) is 33.1 Å². The molecule has 2 aromatic carbocycles. The quantitative estimate of drug-likeness (QED) is 0.833. The molecular formula is C18H21NO2. The molecule has 0 saturated carbocycles. The monoisotopic (exact) mass is 283 g/mol. The summed E-state index contributed by atoms with van der Waals surface area (Å²) in [6, 6.07) is 13.2. The smallest absolute Gasteiger partial charge is 0.228 e. The van der Waals surface area contributed by atoms with Crippen LogP contribution in [-0.2, 0) is 11.2 Å². The Morgan fingerprint density at radius 2 is 1.86 bits per heavy atom. The summed E-state index contributed by atoms with van der Waals surface area (Å²) in [7, 11) is 0. The molecule has 21 heavy (non-hydrogen) atoms. The van der Waals surface area contributed by atoms with Crippen molar-refractivity contribution < 1.29 is 9.90 Å². The summed E-state index contributed by atoms with van der Waals surface area (Å²) in [6.07, 6.45) is 0.345. The molecule has 0 heterocycles. The fourth-order valence-electron chi connectivity index (χ4n) is 2.28. The third-order valence-electron chi connectivity index (χ3n) is 3.48. The van der Waals surface area contributed by atoms with Crippen molar-refractivity contribution in [2.75, 3.05) is 5.32 Å². The number of nitrogens with one attached hydrogen (secondary N) is 1. The Morgan fingerprint density at radius 1 is 1.19 bits per heavy atom. The number of carbonyl (C=O) groups excluding carboxylic acids is 1. The Bertz CT molecular complexity index is 633. The molecule has 0 unspecified atom stereocenters.